The number of carbonyl (C=O) groups is 1. The molecule has 0 radical (unpaired) electrons. The fourth-order valence-electron chi connectivity index (χ4n) is 1.81. The third kappa shape index (κ3) is 3.89. The van der Waals surface area contributed by atoms with Crippen LogP contribution in [0.1, 0.15) is 19.4 Å². The Labute approximate surface area is 113 Å². The van der Waals surface area contributed by atoms with Crippen LogP contribution < -0.4 is 16.0 Å². The van der Waals surface area contributed by atoms with Crippen LogP contribution in [0.5, 0.6) is 0 Å². The van der Waals surface area contributed by atoms with Gasteiger partial charge in [-0.3, -0.25) is 4.79 Å². The van der Waals surface area contributed by atoms with E-state index in [2.05, 4.69) is 5.32 Å². The zero-order valence-corrected chi connectivity index (χ0v) is 11.8. The van der Waals surface area contributed by atoms with E-state index in [1.807, 2.05) is 44.0 Å². The van der Waals surface area contributed by atoms with Crippen LogP contribution >= 0.6 is 11.6 Å². The first-order valence-electron chi connectivity index (χ1n) is 5.93. The predicted molar refractivity (Wildman–Crippen MR) is 75.9 cm³/mol. The molecule has 1 rings (SSSR count). The van der Waals surface area contributed by atoms with Gasteiger partial charge in [-0.05, 0) is 38.6 Å². The molecular weight excluding hydrogens is 250 g/mol. The zero-order chi connectivity index (χ0) is 13.7. The molecule has 0 aliphatic heterocycles. The Bertz CT molecular complexity index is 421. The monoisotopic (exact) mass is 269 g/mol. The molecule has 0 spiro atoms. The van der Waals surface area contributed by atoms with Gasteiger partial charge in [-0.2, -0.15) is 0 Å². The second-order valence-electron chi connectivity index (χ2n) is 4.50. The molecular formula is C13H20ClN3O. The van der Waals surface area contributed by atoms with Gasteiger partial charge in [-0.15, -0.1) is 0 Å². The highest BCUT2D eigenvalue weighted by atomic mass is 35.5. The second kappa shape index (κ2) is 6.61. The van der Waals surface area contributed by atoms with Crippen LogP contribution in [-0.4, -0.2) is 25.5 Å². The highest BCUT2D eigenvalue weighted by Gasteiger charge is 2.16. The fraction of sp³-hybridized carbons (Fsp3) is 0.462. The van der Waals surface area contributed by atoms with Crippen molar-refractivity contribution < 1.29 is 4.79 Å². The van der Waals surface area contributed by atoms with Gasteiger partial charge in [0.25, 0.3) is 0 Å². The summed E-state index contributed by atoms with van der Waals surface area (Å²) in [6.07, 6.45) is 0. The molecule has 100 valence electrons. The lowest BCUT2D eigenvalue weighted by Gasteiger charge is -2.28. The summed E-state index contributed by atoms with van der Waals surface area (Å²) in [6.45, 7) is 4.93. The summed E-state index contributed by atoms with van der Waals surface area (Å²) in [5.41, 5.74) is 7.21. The summed E-state index contributed by atoms with van der Waals surface area (Å²) in [4.78, 5) is 13.0. The molecule has 1 aromatic rings. The Morgan fingerprint density at radius 2 is 2.17 bits per heavy atom. The van der Waals surface area contributed by atoms with E-state index in [9.17, 15) is 4.79 Å². The van der Waals surface area contributed by atoms with Crippen LogP contribution in [0.25, 0.3) is 0 Å². The van der Waals surface area contributed by atoms with Crippen molar-refractivity contribution in [1.82, 2.24) is 5.32 Å². The molecule has 0 saturated carbocycles. The van der Waals surface area contributed by atoms with Crippen molar-refractivity contribution >= 4 is 23.2 Å². The maximum absolute atomic E-state index is 11.1. The van der Waals surface area contributed by atoms with Crippen molar-refractivity contribution in [2.24, 2.45) is 5.73 Å². The van der Waals surface area contributed by atoms with Crippen LogP contribution in [0.2, 0.25) is 5.02 Å². The number of hydrogen-bond donors (Lipinski definition) is 2. The molecule has 0 aliphatic rings. The molecule has 0 atom stereocenters. The number of anilines is 1. The summed E-state index contributed by atoms with van der Waals surface area (Å²) in [5.74, 6) is -0.362. The van der Waals surface area contributed by atoms with Crippen LogP contribution in [0, 0.1) is 0 Å². The van der Waals surface area contributed by atoms with Crippen LogP contribution in [0.3, 0.4) is 0 Å². The van der Waals surface area contributed by atoms with Crippen molar-refractivity contribution in [1.29, 1.82) is 0 Å². The molecule has 5 heteroatoms. The minimum atomic E-state index is -0.362. The maximum Gasteiger partial charge on any atom is 0.236 e. The molecule has 4 nitrogen and oxygen atoms in total. The van der Waals surface area contributed by atoms with Gasteiger partial charge in [-0.1, -0.05) is 17.7 Å². The molecule has 3 N–H and O–H groups in total. The number of hydrogen-bond acceptors (Lipinski definition) is 3. The molecule has 18 heavy (non-hydrogen) atoms. The van der Waals surface area contributed by atoms with E-state index in [-0.39, 0.29) is 18.5 Å². The third-order valence-electron chi connectivity index (χ3n) is 2.65. The Balaban J connectivity index is 3.01. The molecule has 1 amide bonds. The Morgan fingerprint density at radius 3 is 2.61 bits per heavy atom. The summed E-state index contributed by atoms with van der Waals surface area (Å²) >= 11 is 6.27. The van der Waals surface area contributed by atoms with Gasteiger partial charge in [0.1, 0.15) is 0 Å². The van der Waals surface area contributed by atoms with E-state index in [1.165, 1.54) is 0 Å². The van der Waals surface area contributed by atoms with Crippen LogP contribution in [0.15, 0.2) is 18.2 Å². The normalized spacial score (nSPS) is 10.7. The Kier molecular flexibility index (Phi) is 5.44. The summed E-state index contributed by atoms with van der Waals surface area (Å²) in [7, 11) is 1.88. The van der Waals surface area contributed by atoms with Crippen molar-refractivity contribution in [3.63, 3.8) is 0 Å². The Hall–Kier alpha value is -1.26. The fourth-order valence-corrected chi connectivity index (χ4v) is 2.12. The van der Waals surface area contributed by atoms with E-state index < -0.39 is 0 Å². The highest BCUT2D eigenvalue weighted by molar-refractivity contribution is 6.33. The van der Waals surface area contributed by atoms with E-state index in [0.717, 1.165) is 17.8 Å². The summed E-state index contributed by atoms with van der Waals surface area (Å²) in [5, 5.41) is 3.71. The second-order valence-corrected chi connectivity index (χ2v) is 4.91. The van der Waals surface area contributed by atoms with Crippen molar-refractivity contribution in [3.05, 3.63) is 28.8 Å². The Morgan fingerprint density at radius 1 is 1.50 bits per heavy atom. The van der Waals surface area contributed by atoms with Crippen LogP contribution in [-0.2, 0) is 11.3 Å². The third-order valence-corrected chi connectivity index (χ3v) is 2.95. The zero-order valence-electron chi connectivity index (χ0n) is 11.0. The van der Waals surface area contributed by atoms with Gasteiger partial charge < -0.3 is 16.0 Å². The van der Waals surface area contributed by atoms with Gasteiger partial charge in [-0.25, -0.2) is 0 Å². The van der Waals surface area contributed by atoms with Gasteiger partial charge in [0.2, 0.25) is 5.91 Å². The summed E-state index contributed by atoms with van der Waals surface area (Å²) in [6, 6.07) is 5.99. The average Bonchev–Trinajstić information content (AvgIpc) is 2.26. The smallest absolute Gasteiger partial charge is 0.236 e. The minimum absolute atomic E-state index is 0.158. The number of benzene rings is 1. The number of nitrogens with two attached hydrogens (primary N) is 1. The molecule has 0 fully saturated rings. The molecule has 0 saturated heterocycles. The molecule has 1 aromatic carbocycles. The SMILES string of the molecule is CNCc1ccc(N(CC(N)=O)C(C)C)c(Cl)c1. The van der Waals surface area contributed by atoms with E-state index in [4.69, 9.17) is 17.3 Å². The molecule has 0 heterocycles. The number of amides is 1. The number of carbonyl (C=O) groups excluding carboxylic acids is 1. The lowest BCUT2D eigenvalue weighted by molar-refractivity contribution is -0.116. The molecule has 0 bridgehead atoms. The maximum atomic E-state index is 11.1. The van der Waals surface area contributed by atoms with Gasteiger partial charge in [0.05, 0.1) is 17.3 Å². The van der Waals surface area contributed by atoms with Gasteiger partial charge >= 0.3 is 0 Å². The standard InChI is InChI=1S/C13H20ClN3O/c1-9(2)17(8-13(15)18)12-5-4-10(7-16-3)6-11(12)14/h4-6,9,16H,7-8H2,1-3H3,(H2,15,18). The first kappa shape index (κ1) is 14.8. The lowest BCUT2D eigenvalue weighted by atomic mass is 10.1. The van der Waals surface area contributed by atoms with E-state index in [0.29, 0.717) is 5.02 Å². The largest absolute Gasteiger partial charge is 0.368 e. The van der Waals surface area contributed by atoms with E-state index in [1.54, 1.807) is 0 Å². The first-order chi connectivity index (χ1) is 8.45. The lowest BCUT2D eigenvalue weighted by Crippen LogP contribution is -2.38. The number of halogens is 1. The number of primary amides is 1. The van der Waals surface area contributed by atoms with Crippen molar-refractivity contribution in [2.45, 2.75) is 26.4 Å². The average molecular weight is 270 g/mol. The van der Waals surface area contributed by atoms with Gasteiger partial charge in [0.15, 0.2) is 0 Å². The summed E-state index contributed by atoms with van der Waals surface area (Å²) < 4.78 is 0. The number of nitrogens with zero attached hydrogens (tertiary/aromatic N) is 1. The minimum Gasteiger partial charge on any atom is -0.368 e. The van der Waals surface area contributed by atoms with Gasteiger partial charge in [0, 0.05) is 12.6 Å². The quantitative estimate of drug-likeness (QED) is 0.827. The number of rotatable bonds is 6. The van der Waals surface area contributed by atoms with Crippen molar-refractivity contribution in [2.75, 3.05) is 18.5 Å². The molecule has 0 aromatic heterocycles. The highest BCUT2D eigenvalue weighted by Crippen LogP contribution is 2.28. The first-order valence-corrected chi connectivity index (χ1v) is 6.31. The van der Waals surface area contributed by atoms with Crippen LogP contribution in [0.4, 0.5) is 5.69 Å². The predicted octanol–water partition coefficient (Wildman–Crippen LogP) is 1.76. The molecule has 0 aliphatic carbocycles. The molecule has 0 unspecified atom stereocenters. The topological polar surface area (TPSA) is 58.4 Å². The van der Waals surface area contributed by atoms with E-state index >= 15 is 0 Å². The van der Waals surface area contributed by atoms with Crippen molar-refractivity contribution in [3.8, 4) is 0 Å². The number of nitrogens with one attached hydrogen (secondary N) is 1.